The molecule has 1 N–H and O–H groups in total. The van der Waals surface area contributed by atoms with Crippen LogP contribution in [0.15, 0.2) is 30.5 Å². The molecule has 0 unspecified atom stereocenters. The van der Waals surface area contributed by atoms with Crippen molar-refractivity contribution in [3.8, 4) is 5.75 Å². The Morgan fingerprint density at radius 1 is 1.21 bits per heavy atom. The zero-order valence-corrected chi connectivity index (χ0v) is 15.9. The molecule has 1 saturated heterocycles. The van der Waals surface area contributed by atoms with Gasteiger partial charge in [-0.15, -0.1) is 0 Å². The monoisotopic (exact) mass is 384 g/mol. The van der Waals surface area contributed by atoms with Crippen LogP contribution in [0.1, 0.15) is 34.8 Å². The summed E-state index contributed by atoms with van der Waals surface area (Å²) in [4.78, 5) is 33.6. The minimum absolute atomic E-state index is 0.0547. The molecule has 148 valence electrons. The summed E-state index contributed by atoms with van der Waals surface area (Å²) in [5, 5.41) is 9.65. The van der Waals surface area contributed by atoms with E-state index < -0.39 is 0 Å². The summed E-state index contributed by atoms with van der Waals surface area (Å²) >= 11 is 0. The second kappa shape index (κ2) is 7.63. The van der Waals surface area contributed by atoms with E-state index in [1.54, 1.807) is 23.1 Å². The molecule has 1 fully saturated rings. The number of ether oxygens (including phenoxy) is 1. The average molecular weight is 384 g/mol. The number of imidazole rings is 1. The van der Waals surface area contributed by atoms with Crippen LogP contribution in [0.4, 0.5) is 0 Å². The first kappa shape index (κ1) is 18.5. The van der Waals surface area contributed by atoms with E-state index in [1.165, 1.54) is 6.07 Å². The number of fused-ring (bicyclic) bond motifs is 1. The summed E-state index contributed by atoms with van der Waals surface area (Å²) in [7, 11) is 0. The number of amides is 2. The van der Waals surface area contributed by atoms with E-state index >= 15 is 0 Å². The number of hydrogen-bond donors (Lipinski definition) is 1. The number of morpholine rings is 1. The molecule has 1 atom stereocenters. The zero-order valence-electron chi connectivity index (χ0n) is 15.9. The second-order valence-corrected chi connectivity index (χ2v) is 7.18. The largest absolute Gasteiger partial charge is 0.508 e. The molecule has 4 rings (SSSR count). The van der Waals surface area contributed by atoms with Gasteiger partial charge < -0.3 is 24.2 Å². The van der Waals surface area contributed by atoms with Crippen molar-refractivity contribution in [2.75, 3.05) is 32.8 Å². The molecular formula is C20H24N4O4. The molecule has 0 spiro atoms. The quantitative estimate of drug-likeness (QED) is 0.859. The van der Waals surface area contributed by atoms with Crippen LogP contribution in [0, 0.1) is 0 Å². The van der Waals surface area contributed by atoms with Gasteiger partial charge in [0.2, 0.25) is 5.91 Å². The van der Waals surface area contributed by atoms with Gasteiger partial charge in [-0.25, -0.2) is 4.98 Å². The van der Waals surface area contributed by atoms with Crippen molar-refractivity contribution in [3.05, 3.63) is 47.5 Å². The number of hydrogen-bond acceptors (Lipinski definition) is 5. The second-order valence-electron chi connectivity index (χ2n) is 7.18. The van der Waals surface area contributed by atoms with Crippen LogP contribution in [0.3, 0.4) is 0 Å². The number of rotatable bonds is 3. The fourth-order valence-corrected chi connectivity index (χ4v) is 3.79. The maximum absolute atomic E-state index is 12.9. The highest BCUT2D eigenvalue weighted by atomic mass is 16.5. The van der Waals surface area contributed by atoms with Crippen LogP contribution in [-0.4, -0.2) is 69.1 Å². The van der Waals surface area contributed by atoms with Gasteiger partial charge in [-0.05, 0) is 25.1 Å². The van der Waals surface area contributed by atoms with Crippen molar-refractivity contribution in [3.63, 3.8) is 0 Å². The topological polar surface area (TPSA) is 87.9 Å². The molecule has 0 bridgehead atoms. The summed E-state index contributed by atoms with van der Waals surface area (Å²) in [6.45, 7) is 5.51. The lowest BCUT2D eigenvalue weighted by atomic mass is 10.1. The number of phenolic OH excluding ortho intramolecular Hbond substituents is 1. The molecule has 8 heteroatoms. The molecule has 28 heavy (non-hydrogen) atoms. The Balaban J connectivity index is 1.48. The minimum atomic E-state index is -0.212. The summed E-state index contributed by atoms with van der Waals surface area (Å²) in [6.07, 6.45) is 2.17. The van der Waals surface area contributed by atoms with E-state index in [2.05, 4.69) is 4.98 Å². The lowest BCUT2D eigenvalue weighted by Crippen LogP contribution is -2.41. The maximum atomic E-state index is 12.9. The molecule has 2 aliphatic heterocycles. The van der Waals surface area contributed by atoms with Crippen molar-refractivity contribution in [1.82, 2.24) is 19.4 Å². The Bertz CT molecular complexity index is 888. The Kier molecular flexibility index (Phi) is 5.04. The van der Waals surface area contributed by atoms with Gasteiger partial charge in [-0.2, -0.15) is 0 Å². The molecule has 3 heterocycles. The van der Waals surface area contributed by atoms with Gasteiger partial charge in [0.25, 0.3) is 5.91 Å². The van der Waals surface area contributed by atoms with Gasteiger partial charge in [0.1, 0.15) is 11.6 Å². The molecule has 1 aromatic carbocycles. The van der Waals surface area contributed by atoms with Crippen LogP contribution >= 0.6 is 0 Å². The van der Waals surface area contributed by atoms with Crippen LogP contribution in [0.2, 0.25) is 0 Å². The van der Waals surface area contributed by atoms with Gasteiger partial charge in [0.05, 0.1) is 31.4 Å². The number of nitrogens with zero attached hydrogens (tertiary/aromatic N) is 4. The minimum Gasteiger partial charge on any atom is -0.508 e. The Hall–Kier alpha value is -2.87. The molecule has 8 nitrogen and oxygen atoms in total. The summed E-state index contributed by atoms with van der Waals surface area (Å²) in [6, 6.07) is 6.16. The predicted molar refractivity (Wildman–Crippen MR) is 101 cm³/mol. The van der Waals surface area contributed by atoms with Crippen LogP contribution in [-0.2, 0) is 22.5 Å². The van der Waals surface area contributed by atoms with E-state index in [0.717, 1.165) is 11.5 Å². The molecular weight excluding hydrogens is 360 g/mol. The third-order valence-electron chi connectivity index (χ3n) is 5.33. The highest BCUT2D eigenvalue weighted by Crippen LogP contribution is 2.27. The molecule has 0 radical (unpaired) electrons. The van der Waals surface area contributed by atoms with Crippen LogP contribution in [0.5, 0.6) is 5.75 Å². The van der Waals surface area contributed by atoms with Crippen molar-refractivity contribution < 1.29 is 19.4 Å². The van der Waals surface area contributed by atoms with Crippen molar-refractivity contribution >= 4 is 11.8 Å². The number of benzene rings is 1. The van der Waals surface area contributed by atoms with E-state index in [0.29, 0.717) is 45.0 Å². The van der Waals surface area contributed by atoms with Crippen molar-refractivity contribution in [2.24, 2.45) is 0 Å². The van der Waals surface area contributed by atoms with Gasteiger partial charge in [-0.3, -0.25) is 9.59 Å². The van der Waals surface area contributed by atoms with E-state index in [1.807, 2.05) is 22.6 Å². The van der Waals surface area contributed by atoms with E-state index in [-0.39, 0.29) is 30.0 Å². The van der Waals surface area contributed by atoms with Gasteiger partial charge in [0, 0.05) is 37.9 Å². The Morgan fingerprint density at radius 2 is 2.00 bits per heavy atom. The molecule has 0 saturated carbocycles. The molecule has 2 aliphatic rings. The number of carbonyl (C=O) groups excluding carboxylic acids is 2. The first-order chi connectivity index (χ1) is 13.5. The number of carbonyl (C=O) groups is 2. The predicted octanol–water partition coefficient (Wildman–Crippen LogP) is 1.21. The van der Waals surface area contributed by atoms with Gasteiger partial charge in [-0.1, -0.05) is 6.07 Å². The third-order valence-corrected chi connectivity index (χ3v) is 5.33. The molecule has 0 aliphatic carbocycles. The van der Waals surface area contributed by atoms with E-state index in [9.17, 15) is 14.7 Å². The van der Waals surface area contributed by atoms with Crippen molar-refractivity contribution in [2.45, 2.75) is 25.9 Å². The Morgan fingerprint density at radius 3 is 2.75 bits per heavy atom. The highest BCUT2D eigenvalue weighted by molar-refractivity contribution is 5.94. The fourth-order valence-electron chi connectivity index (χ4n) is 3.79. The van der Waals surface area contributed by atoms with Gasteiger partial charge >= 0.3 is 0 Å². The maximum Gasteiger partial charge on any atom is 0.254 e. The first-order valence-electron chi connectivity index (χ1n) is 9.54. The molecule has 2 amide bonds. The normalized spacial score (nSPS) is 19.4. The number of aromatic nitrogens is 2. The number of phenols is 1. The number of aromatic hydroxyl groups is 1. The Labute approximate surface area is 163 Å². The van der Waals surface area contributed by atoms with E-state index in [4.69, 9.17) is 4.74 Å². The van der Waals surface area contributed by atoms with Crippen LogP contribution in [0.25, 0.3) is 0 Å². The lowest BCUT2D eigenvalue weighted by Gasteiger charge is -2.33. The van der Waals surface area contributed by atoms with Crippen LogP contribution < -0.4 is 0 Å². The first-order valence-corrected chi connectivity index (χ1v) is 9.54. The fraction of sp³-hybridized carbons (Fsp3) is 0.450. The summed E-state index contributed by atoms with van der Waals surface area (Å²) in [5.74, 6) is 0.771. The van der Waals surface area contributed by atoms with Crippen molar-refractivity contribution in [1.29, 1.82) is 0 Å². The zero-order chi connectivity index (χ0) is 19.7. The third kappa shape index (κ3) is 3.60. The molecule has 1 aromatic heterocycles. The standard InChI is InChI=1S/C20H24N4O4/c1-14-19-21-16(12-18(26)22-7-9-28-10-8-22)13-23(19)5-6-24(14)20(27)15-3-2-4-17(25)11-15/h2-4,11,13-14,25H,5-10,12H2,1H3/t14-/m0/s1. The SMILES string of the molecule is C[C@H]1c2nc(CC(=O)N3CCOCC3)cn2CCN1C(=O)c1cccc(O)c1. The molecule has 2 aromatic rings. The lowest BCUT2D eigenvalue weighted by molar-refractivity contribution is -0.134. The highest BCUT2D eigenvalue weighted by Gasteiger charge is 2.31. The summed E-state index contributed by atoms with van der Waals surface area (Å²) < 4.78 is 7.32. The smallest absolute Gasteiger partial charge is 0.254 e. The summed E-state index contributed by atoms with van der Waals surface area (Å²) in [5.41, 5.74) is 1.18. The average Bonchev–Trinajstić information content (AvgIpc) is 3.12. The van der Waals surface area contributed by atoms with Gasteiger partial charge in [0.15, 0.2) is 0 Å².